The molecule has 0 saturated heterocycles. The molecular formula is C46H50Cl2MnN8O14S4. The van der Waals surface area contributed by atoms with Gasteiger partial charge in [-0.1, -0.05) is 97.7 Å². The van der Waals surface area contributed by atoms with E-state index in [9.17, 15) is 46.5 Å². The summed E-state index contributed by atoms with van der Waals surface area (Å²) in [7, 11) is -8.23. The predicted molar refractivity (Wildman–Crippen MR) is 273 cm³/mol. The Labute approximate surface area is 456 Å². The van der Waals surface area contributed by atoms with Crippen molar-refractivity contribution in [3.63, 3.8) is 0 Å². The molecule has 22 nitrogen and oxygen atoms in total. The van der Waals surface area contributed by atoms with Gasteiger partial charge in [0, 0.05) is 48.8 Å². The average Bonchev–Trinajstić information content (AvgIpc) is 4.17. The van der Waals surface area contributed by atoms with Gasteiger partial charge in [-0.15, -0.1) is 22.7 Å². The van der Waals surface area contributed by atoms with Crippen molar-refractivity contribution in [3.05, 3.63) is 150 Å². The topological polar surface area (TPSA) is 360 Å². The summed E-state index contributed by atoms with van der Waals surface area (Å²) in [5, 5.41) is 47.3. The summed E-state index contributed by atoms with van der Waals surface area (Å²) in [4.78, 5) is 56.2. The van der Waals surface area contributed by atoms with Gasteiger partial charge in [-0.2, -0.15) is 16.8 Å². The Morgan fingerprint density at radius 3 is 1.61 bits per heavy atom. The van der Waals surface area contributed by atoms with Gasteiger partial charge in [0.25, 0.3) is 0 Å². The normalized spacial score (nSPS) is 19.6. The van der Waals surface area contributed by atoms with Crippen molar-refractivity contribution in [2.24, 2.45) is 22.1 Å². The Bertz CT molecular complexity index is 3200. The van der Waals surface area contributed by atoms with Crippen LogP contribution in [0.1, 0.15) is 105 Å². The standard InChI is InChI=1S/C22H23ClN4O6S2.C22H21ClN4O6S2.C2H6.Mn.2O/c2*23-21-15(19(29)12-4-2-1-3-5-12)8-18(34-21)20(30)16-9-25-11-26-22(16)27-14-6-13(17(28)7-14)10-33-35(24,31)32;1-2;;;/h1-5,8-9,11,13-14,17,19,28-29H,6-7,10H2,(H2,24,31,32)(H,25,26,27);1-5,8-9,11,13-14,17,28H,6-7,10H2,(H2,24,31,32)(H,25,26,27);1-2H3;;;/t13-,14-,17+,19?;13-,14-,17+;;;;/m11..../s1/i;;1D;;;. The first-order chi connectivity index (χ1) is 36.1. The first-order valence-corrected chi connectivity index (χ1v) is 28.4. The van der Waals surface area contributed by atoms with Crippen molar-refractivity contribution in [3.8, 4) is 0 Å². The van der Waals surface area contributed by atoms with Gasteiger partial charge in [-0.05, 0) is 43.4 Å². The van der Waals surface area contributed by atoms with E-state index in [1.54, 1.807) is 67.6 Å². The third-order valence-corrected chi connectivity index (χ3v) is 15.0. The van der Waals surface area contributed by atoms with Crippen LogP contribution in [-0.4, -0.2) is 107 Å². The number of rotatable bonds is 18. The maximum atomic E-state index is 13.3. The number of halogens is 2. The number of carbonyl (C=O) groups excluding carboxylic acids is 3. The van der Waals surface area contributed by atoms with E-state index in [1.165, 1.54) is 31.1 Å². The fraction of sp³-hybridized carbons (Fsp3) is 0.326. The molecule has 8 rings (SSSR count). The van der Waals surface area contributed by atoms with Crippen molar-refractivity contribution in [2.45, 2.75) is 69.9 Å². The molecule has 2 saturated carbocycles. The van der Waals surface area contributed by atoms with E-state index in [4.69, 9.17) is 42.5 Å². The number of hydrogen-bond acceptors (Lipinski definition) is 22. The van der Waals surface area contributed by atoms with Gasteiger partial charge < -0.3 is 26.0 Å². The molecule has 4 aromatic heterocycles. The number of nitrogens with zero attached hydrogens (tertiary/aromatic N) is 4. The van der Waals surface area contributed by atoms with E-state index >= 15 is 0 Å². The molecule has 6 aromatic rings. The number of benzene rings is 2. The summed E-state index contributed by atoms with van der Waals surface area (Å²) in [6, 6.07) is 20.0. The van der Waals surface area contributed by atoms with Crippen LogP contribution in [0.5, 0.6) is 0 Å². The van der Waals surface area contributed by atoms with E-state index in [0.717, 1.165) is 22.7 Å². The third kappa shape index (κ3) is 17.5. The van der Waals surface area contributed by atoms with Crippen LogP contribution in [0, 0.1) is 11.8 Å². The predicted octanol–water partition coefficient (Wildman–Crippen LogP) is 5.49. The Morgan fingerprint density at radius 1 is 0.733 bits per heavy atom. The molecule has 4 heterocycles. The van der Waals surface area contributed by atoms with Gasteiger partial charge in [0.05, 0.1) is 56.2 Å². The number of carbonyl (C=O) groups is 3. The van der Waals surface area contributed by atoms with Gasteiger partial charge >= 0.3 is 43.1 Å². The number of anilines is 2. The molecule has 0 bridgehead atoms. The van der Waals surface area contributed by atoms with Crippen molar-refractivity contribution in [2.75, 3.05) is 23.8 Å². The molecule has 75 heavy (non-hydrogen) atoms. The quantitative estimate of drug-likeness (QED) is 0.0413. The molecule has 0 radical (unpaired) electrons. The molecule has 7 atom stereocenters. The minimum absolute atomic E-state index is 0.169. The van der Waals surface area contributed by atoms with Gasteiger partial charge in [0.1, 0.15) is 34.7 Å². The molecule has 2 fully saturated rings. The third-order valence-electron chi connectivity index (χ3n) is 11.3. The van der Waals surface area contributed by atoms with Crippen molar-refractivity contribution >= 4 is 95.5 Å². The molecule has 0 amide bonds. The Morgan fingerprint density at radius 2 is 1.16 bits per heavy atom. The second-order valence-corrected chi connectivity index (χ2v) is 22.2. The molecule has 2 aliphatic carbocycles. The number of thiophene rings is 2. The number of nitrogens with two attached hydrogens (primary N) is 2. The molecule has 29 heteroatoms. The summed E-state index contributed by atoms with van der Waals surface area (Å²) in [6.07, 6.45) is 4.03. The Kier molecular flexibility index (Phi) is 22.4. The minimum atomic E-state index is -4.12. The first-order valence-electron chi connectivity index (χ1n) is 22.8. The molecule has 2 aromatic carbocycles. The fourth-order valence-electron chi connectivity index (χ4n) is 7.91. The molecular weight excluding hydrogens is 1140 g/mol. The summed E-state index contributed by atoms with van der Waals surface area (Å²) in [6.45, 7) is 1.80. The molecule has 0 spiro atoms. The summed E-state index contributed by atoms with van der Waals surface area (Å²) in [5.74, 6) is -1.49. The van der Waals surface area contributed by atoms with Crippen molar-refractivity contribution in [1.29, 1.82) is 0 Å². The van der Waals surface area contributed by atoms with Crippen molar-refractivity contribution in [1.82, 2.24) is 19.9 Å². The van der Waals surface area contributed by atoms with E-state index < -0.39 is 71.4 Å². The van der Waals surface area contributed by atoms with Gasteiger partial charge in [0.2, 0.25) is 11.6 Å². The van der Waals surface area contributed by atoms with Crippen LogP contribution < -0.4 is 20.9 Å². The van der Waals surface area contributed by atoms with Crippen molar-refractivity contribution < 1.29 is 78.8 Å². The molecule has 403 valence electrons. The van der Waals surface area contributed by atoms with E-state index in [2.05, 4.69) is 38.9 Å². The monoisotopic (exact) mass is 1190 g/mol. The SMILES string of the molecule is NS(=O)(=O)OC[C@H]1C[C@@H](Nc2ncncc2C(=O)c2cc(C(=O)c3ccccc3)c(Cl)s2)C[C@@H]1O.NS(=O)(=O)OC[C@H]1C[C@@H](Nc2ncncc2C(=O)c2cc(C(O)c3ccccc3)c(Cl)s2)C[C@@H]1O.[2H]CC.[O]=[Mn]=[O]. The summed E-state index contributed by atoms with van der Waals surface area (Å²) >= 11 is 13.3. The van der Waals surface area contributed by atoms with E-state index in [-0.39, 0.29) is 80.8 Å². The zero-order valence-corrected chi connectivity index (χ0v) is 45.2. The second-order valence-electron chi connectivity index (χ2n) is 16.3. The van der Waals surface area contributed by atoms with Gasteiger partial charge in [-0.3, -0.25) is 22.7 Å². The van der Waals surface area contributed by atoms with Crippen LogP contribution in [0.25, 0.3) is 0 Å². The second kappa shape index (κ2) is 28.3. The van der Waals surface area contributed by atoms with Gasteiger partial charge in [0.15, 0.2) is 5.78 Å². The number of ketones is 3. The van der Waals surface area contributed by atoms with Crippen LogP contribution in [-0.2, 0) is 51.5 Å². The Balaban J connectivity index is 0.000000254. The zero-order valence-electron chi connectivity index (χ0n) is 40.3. The average molecular weight is 1190 g/mol. The zero-order chi connectivity index (χ0) is 55.7. The van der Waals surface area contributed by atoms with Crippen LogP contribution in [0.3, 0.4) is 0 Å². The number of aromatic nitrogens is 4. The van der Waals surface area contributed by atoms with Crippen LogP contribution in [0.15, 0.2) is 97.8 Å². The van der Waals surface area contributed by atoms with Gasteiger partial charge in [-0.25, -0.2) is 30.2 Å². The number of aliphatic hydroxyl groups is 3. The maximum absolute atomic E-state index is 13.3. The molecule has 1 unspecified atom stereocenters. The molecule has 2 aliphatic rings. The fourth-order valence-corrected chi connectivity index (χ4v) is 11.1. The number of hydrogen-bond donors (Lipinski definition) is 7. The molecule has 0 aliphatic heterocycles. The van der Waals surface area contributed by atoms with Crippen LogP contribution >= 0.6 is 45.9 Å². The number of aliphatic hydroxyl groups excluding tert-OH is 3. The molecule has 9 N–H and O–H groups in total. The first kappa shape index (κ1) is 59.2. The Hall–Kier alpha value is -5.07. The number of nitrogens with one attached hydrogen (secondary N) is 2. The van der Waals surface area contributed by atoms with Crippen LogP contribution in [0.4, 0.5) is 11.6 Å². The van der Waals surface area contributed by atoms with E-state index in [1.807, 2.05) is 6.07 Å². The summed E-state index contributed by atoms with van der Waals surface area (Å²) in [5.41, 5.74) is 2.13. The summed E-state index contributed by atoms with van der Waals surface area (Å²) < 4.78 is 76.9. The van der Waals surface area contributed by atoms with E-state index in [0.29, 0.717) is 52.1 Å². The van der Waals surface area contributed by atoms with Crippen LogP contribution in [0.2, 0.25) is 8.67 Å².